The molecule has 0 aromatic carbocycles. The van der Waals surface area contributed by atoms with Crippen LogP contribution in [0, 0.1) is 5.41 Å². The maximum absolute atomic E-state index is 11.6. The number of carbonyl (C=O) groups excluding carboxylic acids is 1. The van der Waals surface area contributed by atoms with E-state index in [1.54, 1.807) is 4.90 Å². The van der Waals surface area contributed by atoms with Gasteiger partial charge < -0.3 is 15.7 Å². The summed E-state index contributed by atoms with van der Waals surface area (Å²) in [6.07, 6.45) is 3.65. The molecule has 0 aromatic heterocycles. The van der Waals surface area contributed by atoms with Gasteiger partial charge in [0.15, 0.2) is 0 Å². The molecule has 3 aliphatic carbocycles. The first-order valence-electron chi connectivity index (χ1n) is 6.65. The van der Waals surface area contributed by atoms with E-state index < -0.39 is 6.09 Å². The Balaban J connectivity index is 2.23. The molecule has 0 aliphatic heterocycles. The molecule has 3 rings (SSSR count). The number of carboxylic acid groups (broad SMARTS) is 1. The van der Waals surface area contributed by atoms with E-state index in [2.05, 4.69) is 0 Å². The average Bonchev–Trinajstić information content (AvgIpc) is 2.29. The van der Waals surface area contributed by atoms with Gasteiger partial charge in [-0.15, -0.1) is 0 Å². The van der Waals surface area contributed by atoms with Crippen LogP contribution in [0.3, 0.4) is 0 Å². The van der Waals surface area contributed by atoms with Crippen LogP contribution in [0.5, 0.6) is 0 Å². The van der Waals surface area contributed by atoms with E-state index in [0.717, 1.165) is 38.5 Å². The normalized spacial score (nSPS) is 34.6. The third-order valence-electron chi connectivity index (χ3n) is 4.96. The number of nitrogens with zero attached hydrogens (tertiary/aromatic N) is 1. The van der Waals surface area contributed by atoms with Crippen LogP contribution < -0.4 is 5.73 Å². The predicted octanol–water partition coefficient (Wildman–Crippen LogP) is 1.95. The van der Waals surface area contributed by atoms with Gasteiger partial charge in [0.1, 0.15) is 0 Å². The molecule has 0 atom stereocenters. The fraction of sp³-hybridized carbons (Fsp3) is 0.846. The lowest BCUT2D eigenvalue weighted by molar-refractivity contribution is -0.138. The Kier molecular flexibility index (Phi) is 3.03. The van der Waals surface area contributed by atoms with Crippen molar-refractivity contribution in [3.63, 3.8) is 0 Å². The molecule has 0 saturated heterocycles. The van der Waals surface area contributed by atoms with Crippen LogP contribution in [0.1, 0.15) is 52.4 Å². The molecular formula is C13H22N2O3. The second kappa shape index (κ2) is 4.14. The summed E-state index contributed by atoms with van der Waals surface area (Å²) < 4.78 is 0. The number of rotatable bonds is 3. The van der Waals surface area contributed by atoms with Crippen LogP contribution >= 0.6 is 0 Å². The molecule has 0 heterocycles. The van der Waals surface area contributed by atoms with Crippen molar-refractivity contribution >= 4 is 12.0 Å². The van der Waals surface area contributed by atoms with Crippen LogP contribution in [0.15, 0.2) is 0 Å². The molecule has 3 N–H and O–H groups in total. The Morgan fingerprint density at radius 2 is 1.56 bits per heavy atom. The third-order valence-corrected chi connectivity index (χ3v) is 4.96. The molecule has 18 heavy (non-hydrogen) atoms. The molecule has 0 unspecified atom stereocenters. The second-order valence-corrected chi connectivity index (χ2v) is 6.12. The van der Waals surface area contributed by atoms with E-state index in [9.17, 15) is 14.7 Å². The molecule has 0 radical (unpaired) electrons. The largest absolute Gasteiger partial charge is 0.465 e. The van der Waals surface area contributed by atoms with Gasteiger partial charge in [0.05, 0.1) is 0 Å². The zero-order chi connectivity index (χ0) is 13.6. The highest BCUT2D eigenvalue weighted by Crippen LogP contribution is 2.54. The zero-order valence-corrected chi connectivity index (χ0v) is 11.1. The third kappa shape index (κ3) is 1.76. The molecule has 3 aliphatic rings. The maximum atomic E-state index is 11.6. The molecule has 0 spiro atoms. The highest BCUT2D eigenvalue weighted by atomic mass is 16.4. The minimum atomic E-state index is -0.849. The standard InChI is InChI=1S/C13H22N2O3/c1-9(2)15(11(17)18)13-6-3-12(4-7-13,5-8-13)10(14)16/h9H,3-8H2,1-2H3,(H2,14,16)(H,17,18). The lowest BCUT2D eigenvalue weighted by atomic mass is 9.56. The predicted molar refractivity (Wildman–Crippen MR) is 67.1 cm³/mol. The molecule has 3 saturated carbocycles. The first-order valence-corrected chi connectivity index (χ1v) is 6.65. The average molecular weight is 254 g/mol. The van der Waals surface area contributed by atoms with Crippen molar-refractivity contribution in [1.29, 1.82) is 0 Å². The summed E-state index contributed by atoms with van der Waals surface area (Å²) >= 11 is 0. The van der Waals surface area contributed by atoms with Crippen molar-refractivity contribution in [3.8, 4) is 0 Å². The molecule has 102 valence electrons. The van der Waals surface area contributed by atoms with Gasteiger partial charge in [-0.1, -0.05) is 0 Å². The van der Waals surface area contributed by atoms with E-state index in [-0.39, 0.29) is 22.9 Å². The maximum Gasteiger partial charge on any atom is 0.407 e. The number of nitrogens with two attached hydrogens (primary N) is 1. The van der Waals surface area contributed by atoms with Crippen molar-refractivity contribution in [2.45, 2.75) is 64.0 Å². The first-order chi connectivity index (χ1) is 8.33. The molecule has 2 amide bonds. The lowest BCUT2D eigenvalue weighted by Gasteiger charge is -2.56. The van der Waals surface area contributed by atoms with Gasteiger partial charge in [0.2, 0.25) is 5.91 Å². The quantitative estimate of drug-likeness (QED) is 0.807. The number of fused-ring (bicyclic) bond motifs is 3. The summed E-state index contributed by atoms with van der Waals surface area (Å²) in [5, 5.41) is 9.42. The Morgan fingerprint density at radius 3 is 1.83 bits per heavy atom. The van der Waals surface area contributed by atoms with E-state index in [4.69, 9.17) is 5.73 Å². The summed E-state index contributed by atoms with van der Waals surface area (Å²) in [7, 11) is 0. The van der Waals surface area contributed by atoms with Crippen LogP contribution in [-0.2, 0) is 4.79 Å². The van der Waals surface area contributed by atoms with Crippen LogP contribution in [0.2, 0.25) is 0 Å². The van der Waals surface area contributed by atoms with E-state index >= 15 is 0 Å². The highest BCUT2D eigenvalue weighted by molar-refractivity contribution is 5.81. The van der Waals surface area contributed by atoms with Gasteiger partial charge in [0, 0.05) is 17.0 Å². The van der Waals surface area contributed by atoms with Crippen molar-refractivity contribution < 1.29 is 14.7 Å². The minimum Gasteiger partial charge on any atom is -0.465 e. The zero-order valence-electron chi connectivity index (χ0n) is 11.1. The van der Waals surface area contributed by atoms with Gasteiger partial charge in [-0.3, -0.25) is 4.79 Å². The van der Waals surface area contributed by atoms with Gasteiger partial charge in [-0.25, -0.2) is 4.79 Å². The molecule has 3 fully saturated rings. The van der Waals surface area contributed by atoms with Gasteiger partial charge in [0.25, 0.3) is 0 Å². The summed E-state index contributed by atoms with van der Waals surface area (Å²) in [6, 6.07) is -0.0262. The number of carbonyl (C=O) groups is 2. The molecule has 5 heteroatoms. The summed E-state index contributed by atoms with van der Waals surface area (Å²) in [5.41, 5.74) is 4.88. The van der Waals surface area contributed by atoms with Crippen molar-refractivity contribution in [2.75, 3.05) is 0 Å². The topological polar surface area (TPSA) is 83.6 Å². The Labute approximate surface area is 107 Å². The smallest absolute Gasteiger partial charge is 0.407 e. The van der Waals surface area contributed by atoms with E-state index in [1.807, 2.05) is 13.8 Å². The van der Waals surface area contributed by atoms with Gasteiger partial charge in [-0.05, 0) is 52.4 Å². The van der Waals surface area contributed by atoms with Crippen molar-refractivity contribution in [3.05, 3.63) is 0 Å². The summed E-state index contributed by atoms with van der Waals surface area (Å²) in [6.45, 7) is 3.82. The number of hydrogen-bond acceptors (Lipinski definition) is 2. The highest BCUT2D eigenvalue weighted by Gasteiger charge is 2.55. The summed E-state index contributed by atoms with van der Waals surface area (Å²) in [5.74, 6) is -0.206. The number of amides is 2. The fourth-order valence-corrected chi connectivity index (χ4v) is 3.87. The van der Waals surface area contributed by atoms with Gasteiger partial charge in [-0.2, -0.15) is 0 Å². The molecule has 5 nitrogen and oxygen atoms in total. The molecule has 2 bridgehead atoms. The minimum absolute atomic E-state index is 0.0262. The Morgan fingerprint density at radius 1 is 1.11 bits per heavy atom. The van der Waals surface area contributed by atoms with Crippen LogP contribution in [0.25, 0.3) is 0 Å². The SMILES string of the molecule is CC(C)N(C(=O)O)C12CCC(C(N)=O)(CC1)CC2. The van der Waals surface area contributed by atoms with Crippen molar-refractivity contribution in [2.24, 2.45) is 11.1 Å². The molecular weight excluding hydrogens is 232 g/mol. The Hall–Kier alpha value is -1.26. The van der Waals surface area contributed by atoms with Gasteiger partial charge >= 0.3 is 6.09 Å². The lowest BCUT2D eigenvalue weighted by Crippen LogP contribution is -2.62. The molecule has 0 aromatic rings. The fourth-order valence-electron chi connectivity index (χ4n) is 3.87. The number of primary amides is 1. The van der Waals surface area contributed by atoms with Crippen LogP contribution in [-0.4, -0.2) is 33.6 Å². The Bertz CT molecular complexity index is 354. The number of hydrogen-bond donors (Lipinski definition) is 2. The van der Waals surface area contributed by atoms with E-state index in [1.165, 1.54) is 0 Å². The summed E-state index contributed by atoms with van der Waals surface area (Å²) in [4.78, 5) is 24.6. The first kappa shape index (κ1) is 13.2. The van der Waals surface area contributed by atoms with Crippen LogP contribution in [0.4, 0.5) is 4.79 Å². The monoisotopic (exact) mass is 254 g/mol. The van der Waals surface area contributed by atoms with E-state index in [0.29, 0.717) is 0 Å². The second-order valence-electron chi connectivity index (χ2n) is 6.12. The van der Waals surface area contributed by atoms with Crippen molar-refractivity contribution in [1.82, 2.24) is 4.90 Å².